The van der Waals surface area contributed by atoms with Crippen LogP contribution in [0.15, 0.2) is 18.2 Å². The van der Waals surface area contributed by atoms with Crippen LogP contribution in [-0.4, -0.2) is 58.1 Å². The molecule has 0 unspecified atom stereocenters. The van der Waals surface area contributed by atoms with Crippen molar-refractivity contribution in [2.45, 2.75) is 69.3 Å². The molecule has 4 saturated heterocycles. The van der Waals surface area contributed by atoms with Gasteiger partial charge in [-0.15, -0.1) is 0 Å². The lowest BCUT2D eigenvalue weighted by atomic mass is 9.63. The molecule has 8 nitrogen and oxygen atoms in total. The molecule has 34 heavy (non-hydrogen) atoms. The van der Waals surface area contributed by atoms with Crippen molar-refractivity contribution in [1.82, 2.24) is 4.90 Å². The number of halogens is 3. The molecule has 0 radical (unpaired) electrons. The van der Waals surface area contributed by atoms with Crippen molar-refractivity contribution in [3.8, 4) is 6.07 Å². The second kappa shape index (κ2) is 7.09. The van der Waals surface area contributed by atoms with Crippen molar-refractivity contribution in [2.24, 2.45) is 11.8 Å². The van der Waals surface area contributed by atoms with Gasteiger partial charge in [-0.2, -0.15) is 18.4 Å². The summed E-state index contributed by atoms with van der Waals surface area (Å²) in [6, 6.07) is 3.89. The molecule has 1 aromatic carbocycles. The Balaban J connectivity index is 1.60. The number of fused-ring (bicyclic) bond motifs is 2. The van der Waals surface area contributed by atoms with Crippen LogP contribution in [0.4, 0.5) is 23.7 Å². The number of hydrogen-bond donors (Lipinski definition) is 1. The van der Waals surface area contributed by atoms with Crippen LogP contribution in [0.25, 0.3) is 0 Å². The minimum absolute atomic E-state index is 0.00808. The Bertz CT molecular complexity index is 1120. The lowest BCUT2D eigenvalue weighted by Crippen LogP contribution is -2.63. The molecule has 4 aliphatic heterocycles. The minimum atomic E-state index is -4.77. The third kappa shape index (κ3) is 2.84. The largest absolute Gasteiger partial charge is 0.465 e. The fourth-order valence-electron chi connectivity index (χ4n) is 6.74. The SMILES string of the molecule is CC(C)N(C(=O)O)[C@H]1C[C@@]2(C)O[C@@]13CCO[C@H]1[C@@H]3[C@@H]2C(=O)N1c1ccc(C#N)c(C(F)(F)F)c1. The molecular weight excluding hydrogens is 455 g/mol. The highest BCUT2D eigenvalue weighted by atomic mass is 19.4. The number of ether oxygens (including phenoxy) is 2. The van der Waals surface area contributed by atoms with E-state index in [0.717, 1.165) is 12.1 Å². The number of benzene rings is 1. The first-order valence-electron chi connectivity index (χ1n) is 11.1. The number of nitrogens with zero attached hydrogens (tertiary/aromatic N) is 3. The first kappa shape index (κ1) is 22.9. The second-order valence-corrected chi connectivity index (χ2v) is 9.94. The number of amides is 2. The first-order valence-corrected chi connectivity index (χ1v) is 11.1. The fraction of sp³-hybridized carbons (Fsp3) is 0.609. The fourth-order valence-corrected chi connectivity index (χ4v) is 6.74. The molecule has 182 valence electrons. The average molecular weight is 479 g/mol. The zero-order chi connectivity index (χ0) is 24.8. The molecule has 4 fully saturated rings. The predicted molar refractivity (Wildman–Crippen MR) is 111 cm³/mol. The molecule has 2 amide bonds. The van der Waals surface area contributed by atoms with Crippen molar-refractivity contribution in [3.05, 3.63) is 29.3 Å². The van der Waals surface area contributed by atoms with Gasteiger partial charge in [0.05, 0.1) is 52.9 Å². The maximum Gasteiger partial charge on any atom is 0.417 e. The van der Waals surface area contributed by atoms with Crippen molar-refractivity contribution < 1.29 is 37.3 Å². The number of hydrogen-bond acceptors (Lipinski definition) is 5. The number of carbonyl (C=O) groups excluding carboxylic acids is 1. The molecule has 0 aromatic heterocycles. The molecule has 6 atom stereocenters. The zero-order valence-electron chi connectivity index (χ0n) is 18.8. The number of carboxylic acid groups (broad SMARTS) is 1. The third-order valence-corrected chi connectivity index (χ3v) is 7.83. The summed E-state index contributed by atoms with van der Waals surface area (Å²) >= 11 is 0. The first-order chi connectivity index (χ1) is 15.9. The van der Waals surface area contributed by atoms with E-state index < -0.39 is 64.6 Å². The Morgan fingerprint density at radius 3 is 2.68 bits per heavy atom. The summed E-state index contributed by atoms with van der Waals surface area (Å²) in [6.07, 6.45) is -6.06. The van der Waals surface area contributed by atoms with E-state index in [-0.39, 0.29) is 18.3 Å². The van der Waals surface area contributed by atoms with Crippen molar-refractivity contribution >= 4 is 17.7 Å². The molecular formula is C23H24F3N3O5. The van der Waals surface area contributed by atoms with Gasteiger partial charge in [-0.3, -0.25) is 14.6 Å². The van der Waals surface area contributed by atoms with E-state index in [4.69, 9.17) is 14.7 Å². The van der Waals surface area contributed by atoms with Crippen LogP contribution in [0.3, 0.4) is 0 Å². The molecule has 1 spiro atoms. The van der Waals surface area contributed by atoms with Crippen molar-refractivity contribution in [2.75, 3.05) is 11.5 Å². The standard InChI is InChI=1S/C23H24F3N3O5/c1-11(2)28(20(31)32)15-9-21(3)16-17-19(33-7-6-22(15,17)34-21)29(18(16)30)13-5-4-12(10-27)14(8-13)23(24,25)26/h4-5,8,11,15-17,19H,6-7,9H2,1-3H3,(H,31,32)/t15-,16+,17-,19-,21+,22-/m0/s1. The monoisotopic (exact) mass is 479 g/mol. The van der Waals surface area contributed by atoms with Gasteiger partial charge in [0.2, 0.25) is 5.91 Å². The van der Waals surface area contributed by atoms with Gasteiger partial charge in [0.1, 0.15) is 6.23 Å². The Labute approximate surface area is 193 Å². The van der Waals surface area contributed by atoms with E-state index in [2.05, 4.69) is 0 Å². The Hall–Kier alpha value is -2.84. The maximum absolute atomic E-state index is 13.7. The number of anilines is 1. The Morgan fingerprint density at radius 2 is 2.09 bits per heavy atom. The van der Waals surface area contributed by atoms with Crippen LogP contribution in [0, 0.1) is 23.2 Å². The van der Waals surface area contributed by atoms with Crippen LogP contribution in [0.1, 0.15) is 44.7 Å². The van der Waals surface area contributed by atoms with Crippen LogP contribution >= 0.6 is 0 Å². The van der Waals surface area contributed by atoms with Gasteiger partial charge < -0.3 is 14.6 Å². The summed E-state index contributed by atoms with van der Waals surface area (Å²) in [4.78, 5) is 28.4. The zero-order valence-corrected chi connectivity index (χ0v) is 18.8. The van der Waals surface area contributed by atoms with E-state index in [0.29, 0.717) is 12.8 Å². The number of nitriles is 1. The second-order valence-electron chi connectivity index (χ2n) is 9.94. The molecule has 4 heterocycles. The van der Waals surface area contributed by atoms with E-state index in [1.54, 1.807) is 26.8 Å². The Morgan fingerprint density at radius 1 is 1.38 bits per heavy atom. The van der Waals surface area contributed by atoms with Gasteiger partial charge in [-0.25, -0.2) is 4.79 Å². The van der Waals surface area contributed by atoms with Gasteiger partial charge >= 0.3 is 12.3 Å². The van der Waals surface area contributed by atoms with Gasteiger partial charge in [-0.1, -0.05) is 0 Å². The van der Waals surface area contributed by atoms with Gasteiger partial charge in [-0.05, 0) is 39.0 Å². The molecule has 5 rings (SSSR count). The normalized spacial score (nSPS) is 36.1. The molecule has 2 bridgehead atoms. The maximum atomic E-state index is 13.7. The number of carbonyl (C=O) groups is 2. The van der Waals surface area contributed by atoms with Gasteiger partial charge in [0.15, 0.2) is 0 Å². The van der Waals surface area contributed by atoms with Crippen molar-refractivity contribution in [3.63, 3.8) is 0 Å². The highest BCUT2D eigenvalue weighted by Gasteiger charge is 2.79. The summed E-state index contributed by atoms with van der Waals surface area (Å²) in [5.41, 5.74) is -3.62. The topological polar surface area (TPSA) is 103 Å². The smallest absolute Gasteiger partial charge is 0.417 e. The molecule has 4 aliphatic rings. The summed E-state index contributed by atoms with van der Waals surface area (Å²) in [7, 11) is 0. The van der Waals surface area contributed by atoms with E-state index in [1.165, 1.54) is 15.9 Å². The van der Waals surface area contributed by atoms with E-state index >= 15 is 0 Å². The van der Waals surface area contributed by atoms with Gasteiger partial charge in [0.25, 0.3) is 0 Å². The van der Waals surface area contributed by atoms with Crippen LogP contribution in [-0.2, 0) is 20.4 Å². The average Bonchev–Trinajstić information content (AvgIpc) is 3.30. The number of alkyl halides is 3. The summed E-state index contributed by atoms with van der Waals surface area (Å²) in [6.45, 7) is 5.48. The summed E-state index contributed by atoms with van der Waals surface area (Å²) in [5.74, 6) is -1.63. The van der Waals surface area contributed by atoms with E-state index in [1.807, 2.05) is 0 Å². The Kier molecular flexibility index (Phi) is 4.78. The summed E-state index contributed by atoms with van der Waals surface area (Å²) in [5, 5.41) is 19.0. The third-order valence-electron chi connectivity index (χ3n) is 7.83. The molecule has 0 saturated carbocycles. The molecule has 1 N–H and O–H groups in total. The molecule has 0 aliphatic carbocycles. The van der Waals surface area contributed by atoms with Gasteiger partial charge in [0, 0.05) is 24.6 Å². The quantitative estimate of drug-likeness (QED) is 0.711. The molecule has 11 heteroatoms. The highest BCUT2D eigenvalue weighted by molar-refractivity contribution is 6.00. The lowest BCUT2D eigenvalue weighted by Gasteiger charge is -2.49. The van der Waals surface area contributed by atoms with Crippen LogP contribution < -0.4 is 4.90 Å². The van der Waals surface area contributed by atoms with Crippen molar-refractivity contribution in [1.29, 1.82) is 5.26 Å². The summed E-state index contributed by atoms with van der Waals surface area (Å²) < 4.78 is 53.3. The minimum Gasteiger partial charge on any atom is -0.465 e. The van der Waals surface area contributed by atoms with Crippen LogP contribution in [0.5, 0.6) is 0 Å². The van der Waals surface area contributed by atoms with Crippen LogP contribution in [0.2, 0.25) is 0 Å². The number of rotatable bonds is 3. The predicted octanol–water partition coefficient (Wildman–Crippen LogP) is 3.59. The highest BCUT2D eigenvalue weighted by Crippen LogP contribution is 2.66. The molecule has 1 aromatic rings. The van der Waals surface area contributed by atoms with E-state index in [9.17, 15) is 27.9 Å². The lowest BCUT2D eigenvalue weighted by molar-refractivity contribution is -0.154.